The molecule has 0 saturated heterocycles. The molecular weight excluding hydrogens is 136 g/mol. The lowest BCUT2D eigenvalue weighted by Crippen LogP contribution is -1.99. The van der Waals surface area contributed by atoms with Gasteiger partial charge in [0.05, 0.1) is 0 Å². The number of ketones is 1. The van der Waals surface area contributed by atoms with Crippen LogP contribution in [0.5, 0.6) is 0 Å². The van der Waals surface area contributed by atoms with Crippen molar-refractivity contribution in [1.29, 1.82) is 0 Å². The third kappa shape index (κ3) is 5.59. The van der Waals surface area contributed by atoms with E-state index in [1.165, 1.54) is 0 Å². The van der Waals surface area contributed by atoms with Crippen molar-refractivity contribution < 1.29 is 4.79 Å². The highest BCUT2D eigenvalue weighted by Gasteiger charge is 2.01. The maximum Gasteiger partial charge on any atom is 0.155 e. The van der Waals surface area contributed by atoms with Crippen LogP contribution in [0.4, 0.5) is 0 Å². The van der Waals surface area contributed by atoms with Crippen LogP contribution in [-0.4, -0.2) is 5.78 Å². The van der Waals surface area contributed by atoms with E-state index in [4.69, 9.17) is 0 Å². The molecule has 1 unspecified atom stereocenters. The molecule has 0 aliphatic carbocycles. The summed E-state index contributed by atoms with van der Waals surface area (Å²) in [6, 6.07) is 0. The van der Waals surface area contributed by atoms with Gasteiger partial charge in [-0.3, -0.25) is 4.79 Å². The number of hydrogen-bond acceptors (Lipinski definition) is 1. The zero-order valence-electron chi connectivity index (χ0n) is 7.50. The lowest BCUT2D eigenvalue weighted by atomic mass is 10.0. The predicted octanol–water partition coefficient (Wildman–Crippen LogP) is 2.73. The molecule has 0 aromatic heterocycles. The van der Waals surface area contributed by atoms with Gasteiger partial charge >= 0.3 is 0 Å². The van der Waals surface area contributed by atoms with E-state index < -0.39 is 0 Å². The molecule has 0 aromatic rings. The second-order valence-electron chi connectivity index (χ2n) is 2.67. The minimum absolute atomic E-state index is 0.207. The second-order valence-corrected chi connectivity index (χ2v) is 2.67. The fourth-order valence-electron chi connectivity index (χ4n) is 0.968. The van der Waals surface area contributed by atoms with Crippen molar-refractivity contribution in [3.8, 4) is 0 Å². The summed E-state index contributed by atoms with van der Waals surface area (Å²) in [6.45, 7) is 5.87. The van der Waals surface area contributed by atoms with Crippen molar-refractivity contribution in [3.05, 3.63) is 24.3 Å². The molecule has 0 saturated carbocycles. The average Bonchev–Trinajstić information content (AvgIpc) is 1.87. The summed E-state index contributed by atoms with van der Waals surface area (Å²) in [5.41, 5.74) is 0. The zero-order chi connectivity index (χ0) is 8.69. The van der Waals surface area contributed by atoms with E-state index in [0.29, 0.717) is 12.3 Å². The van der Waals surface area contributed by atoms with Gasteiger partial charge in [0, 0.05) is 6.42 Å². The molecule has 0 aliphatic heterocycles. The van der Waals surface area contributed by atoms with Crippen LogP contribution in [0.15, 0.2) is 24.3 Å². The highest BCUT2D eigenvalue weighted by molar-refractivity contribution is 5.89. The van der Waals surface area contributed by atoms with E-state index in [-0.39, 0.29) is 5.78 Å². The SMILES string of the molecule is C/C=C/C(=O)CC(C)/C=C/C. The first-order chi connectivity index (χ1) is 5.20. The molecule has 1 heteroatoms. The highest BCUT2D eigenvalue weighted by atomic mass is 16.1. The molecule has 0 amide bonds. The normalized spacial score (nSPS) is 14.5. The third-order valence-corrected chi connectivity index (χ3v) is 1.40. The quantitative estimate of drug-likeness (QED) is 0.447. The molecule has 0 aromatic carbocycles. The number of rotatable bonds is 4. The van der Waals surface area contributed by atoms with E-state index in [1.807, 2.05) is 32.9 Å². The summed E-state index contributed by atoms with van der Waals surface area (Å²) in [7, 11) is 0. The van der Waals surface area contributed by atoms with Gasteiger partial charge in [0.25, 0.3) is 0 Å². The van der Waals surface area contributed by atoms with Crippen LogP contribution < -0.4 is 0 Å². The smallest absolute Gasteiger partial charge is 0.155 e. The van der Waals surface area contributed by atoms with E-state index in [0.717, 1.165) is 0 Å². The minimum atomic E-state index is 0.207. The fraction of sp³-hybridized carbons (Fsp3) is 0.500. The lowest BCUT2D eigenvalue weighted by molar-refractivity contribution is -0.115. The van der Waals surface area contributed by atoms with E-state index in [9.17, 15) is 4.79 Å². The van der Waals surface area contributed by atoms with Crippen molar-refractivity contribution in [2.45, 2.75) is 27.2 Å². The molecule has 1 atom stereocenters. The van der Waals surface area contributed by atoms with Crippen molar-refractivity contribution in [2.24, 2.45) is 5.92 Å². The Morgan fingerprint density at radius 1 is 1.36 bits per heavy atom. The van der Waals surface area contributed by atoms with Gasteiger partial charge in [0.1, 0.15) is 0 Å². The van der Waals surface area contributed by atoms with Crippen molar-refractivity contribution >= 4 is 5.78 Å². The topological polar surface area (TPSA) is 17.1 Å². The standard InChI is InChI=1S/C10H16O/c1-4-6-9(3)8-10(11)7-5-2/h4-7,9H,8H2,1-3H3/b6-4+,7-5+. The molecule has 0 heterocycles. The largest absolute Gasteiger partial charge is 0.295 e. The summed E-state index contributed by atoms with van der Waals surface area (Å²) in [4.78, 5) is 11.0. The molecule has 62 valence electrons. The first-order valence-corrected chi connectivity index (χ1v) is 3.99. The summed E-state index contributed by atoms with van der Waals surface area (Å²) >= 11 is 0. The Labute approximate surface area is 68.8 Å². The Bertz CT molecular complexity index is 166. The van der Waals surface area contributed by atoms with Gasteiger partial charge in [0.2, 0.25) is 0 Å². The summed E-state index contributed by atoms with van der Waals surface area (Å²) in [6.07, 6.45) is 8.05. The van der Waals surface area contributed by atoms with Crippen LogP contribution >= 0.6 is 0 Å². The zero-order valence-corrected chi connectivity index (χ0v) is 7.50. The predicted molar refractivity (Wildman–Crippen MR) is 48.4 cm³/mol. The van der Waals surface area contributed by atoms with Gasteiger partial charge in [0.15, 0.2) is 5.78 Å². The highest BCUT2D eigenvalue weighted by Crippen LogP contribution is 2.04. The van der Waals surface area contributed by atoms with Gasteiger partial charge in [-0.25, -0.2) is 0 Å². The third-order valence-electron chi connectivity index (χ3n) is 1.40. The molecule has 0 spiro atoms. The summed E-state index contributed by atoms with van der Waals surface area (Å²) in [5, 5.41) is 0. The van der Waals surface area contributed by atoms with Crippen LogP contribution in [0.3, 0.4) is 0 Å². The molecule has 0 rings (SSSR count). The molecule has 1 nitrogen and oxygen atoms in total. The lowest BCUT2D eigenvalue weighted by Gasteiger charge is -2.00. The maximum atomic E-state index is 11.0. The van der Waals surface area contributed by atoms with Gasteiger partial charge in [-0.1, -0.05) is 25.2 Å². The van der Waals surface area contributed by atoms with Crippen molar-refractivity contribution in [1.82, 2.24) is 0 Å². The van der Waals surface area contributed by atoms with Crippen LogP contribution in [-0.2, 0) is 4.79 Å². The monoisotopic (exact) mass is 152 g/mol. The minimum Gasteiger partial charge on any atom is -0.295 e. The Morgan fingerprint density at radius 2 is 2.00 bits per heavy atom. The van der Waals surface area contributed by atoms with Gasteiger partial charge in [-0.05, 0) is 25.8 Å². The number of allylic oxidation sites excluding steroid dienone is 4. The Balaban J connectivity index is 3.75. The average molecular weight is 152 g/mol. The second kappa shape index (κ2) is 5.90. The van der Waals surface area contributed by atoms with E-state index in [1.54, 1.807) is 12.2 Å². The Kier molecular flexibility index (Phi) is 5.44. The van der Waals surface area contributed by atoms with Crippen molar-refractivity contribution in [2.75, 3.05) is 0 Å². The van der Waals surface area contributed by atoms with Crippen LogP contribution in [0.1, 0.15) is 27.2 Å². The number of carbonyl (C=O) groups excluding carboxylic acids is 1. The Morgan fingerprint density at radius 3 is 2.45 bits per heavy atom. The maximum absolute atomic E-state index is 11.0. The number of hydrogen-bond donors (Lipinski definition) is 0. The van der Waals surface area contributed by atoms with Gasteiger partial charge in [-0.15, -0.1) is 0 Å². The molecule has 0 N–H and O–H groups in total. The van der Waals surface area contributed by atoms with Crippen molar-refractivity contribution in [3.63, 3.8) is 0 Å². The molecule has 0 aliphatic rings. The van der Waals surface area contributed by atoms with Gasteiger partial charge in [-0.2, -0.15) is 0 Å². The van der Waals surface area contributed by atoms with E-state index in [2.05, 4.69) is 0 Å². The van der Waals surface area contributed by atoms with Crippen LogP contribution in [0.25, 0.3) is 0 Å². The first kappa shape index (κ1) is 10.2. The summed E-state index contributed by atoms with van der Waals surface area (Å²) in [5.74, 6) is 0.571. The molecule has 0 radical (unpaired) electrons. The fourth-order valence-corrected chi connectivity index (χ4v) is 0.968. The molecule has 0 bridgehead atoms. The number of carbonyl (C=O) groups is 1. The van der Waals surface area contributed by atoms with Crippen LogP contribution in [0.2, 0.25) is 0 Å². The molecular formula is C10H16O. The first-order valence-electron chi connectivity index (χ1n) is 3.99. The van der Waals surface area contributed by atoms with Crippen LogP contribution in [0, 0.1) is 5.92 Å². The summed E-state index contributed by atoms with van der Waals surface area (Å²) < 4.78 is 0. The van der Waals surface area contributed by atoms with Gasteiger partial charge < -0.3 is 0 Å². The van der Waals surface area contributed by atoms with E-state index >= 15 is 0 Å². The Hall–Kier alpha value is -0.850. The molecule has 0 fully saturated rings. The molecule has 11 heavy (non-hydrogen) atoms.